The van der Waals surface area contributed by atoms with Gasteiger partial charge in [-0.25, -0.2) is 5.43 Å². The standard InChI is InChI=1S/C11H14N2/c1-2-4-9-6-11-10(7-12-13-11)5-8(9)3-1/h1-2,4,6,8,10,12-13H,3,5,7H2. The molecule has 2 N–H and O–H groups in total. The number of hydrazine groups is 1. The van der Waals surface area contributed by atoms with Crippen LogP contribution in [0.15, 0.2) is 35.6 Å². The second-order valence-corrected chi connectivity index (χ2v) is 4.07. The van der Waals surface area contributed by atoms with Crippen LogP contribution in [0, 0.1) is 11.8 Å². The van der Waals surface area contributed by atoms with E-state index in [0.717, 1.165) is 18.4 Å². The Labute approximate surface area is 78.4 Å². The lowest BCUT2D eigenvalue weighted by Crippen LogP contribution is -2.21. The zero-order chi connectivity index (χ0) is 8.67. The van der Waals surface area contributed by atoms with E-state index in [9.17, 15) is 0 Å². The minimum Gasteiger partial charge on any atom is -0.325 e. The molecule has 0 radical (unpaired) electrons. The van der Waals surface area contributed by atoms with Crippen molar-refractivity contribution in [2.45, 2.75) is 12.8 Å². The molecule has 2 aliphatic carbocycles. The molecule has 13 heavy (non-hydrogen) atoms. The minimum atomic E-state index is 0.730. The van der Waals surface area contributed by atoms with Crippen molar-refractivity contribution in [2.75, 3.05) is 6.54 Å². The Kier molecular flexibility index (Phi) is 1.56. The molecule has 0 saturated carbocycles. The van der Waals surface area contributed by atoms with E-state index in [1.54, 1.807) is 0 Å². The number of hydrogen-bond donors (Lipinski definition) is 2. The van der Waals surface area contributed by atoms with Gasteiger partial charge in [0.15, 0.2) is 0 Å². The van der Waals surface area contributed by atoms with Gasteiger partial charge in [-0.15, -0.1) is 0 Å². The Bertz CT molecular complexity index is 312. The predicted octanol–water partition coefficient (Wildman–Crippen LogP) is 1.50. The lowest BCUT2D eigenvalue weighted by Gasteiger charge is -2.27. The first-order chi connectivity index (χ1) is 6.43. The molecule has 0 bridgehead atoms. The normalized spacial score (nSPS) is 35.7. The molecule has 68 valence electrons. The predicted molar refractivity (Wildman–Crippen MR) is 52.7 cm³/mol. The van der Waals surface area contributed by atoms with Crippen LogP contribution in [-0.4, -0.2) is 6.54 Å². The van der Waals surface area contributed by atoms with Crippen molar-refractivity contribution in [2.24, 2.45) is 11.8 Å². The molecule has 0 aromatic carbocycles. The summed E-state index contributed by atoms with van der Waals surface area (Å²) in [5.41, 5.74) is 9.34. The van der Waals surface area contributed by atoms with Crippen molar-refractivity contribution < 1.29 is 0 Å². The summed E-state index contributed by atoms with van der Waals surface area (Å²) in [4.78, 5) is 0. The Morgan fingerprint density at radius 1 is 1.31 bits per heavy atom. The van der Waals surface area contributed by atoms with Gasteiger partial charge >= 0.3 is 0 Å². The first kappa shape index (κ1) is 7.39. The van der Waals surface area contributed by atoms with Crippen LogP contribution in [0.25, 0.3) is 0 Å². The van der Waals surface area contributed by atoms with E-state index in [1.165, 1.54) is 24.1 Å². The van der Waals surface area contributed by atoms with Crippen LogP contribution in [-0.2, 0) is 0 Å². The fraction of sp³-hybridized carbons (Fsp3) is 0.455. The Morgan fingerprint density at radius 2 is 2.31 bits per heavy atom. The summed E-state index contributed by atoms with van der Waals surface area (Å²) in [7, 11) is 0. The van der Waals surface area contributed by atoms with Crippen molar-refractivity contribution in [3.05, 3.63) is 35.6 Å². The molecule has 3 aliphatic rings. The molecule has 3 rings (SSSR count). The monoisotopic (exact) mass is 174 g/mol. The average Bonchev–Trinajstić information content (AvgIpc) is 2.61. The number of fused-ring (bicyclic) bond motifs is 2. The lowest BCUT2D eigenvalue weighted by molar-refractivity contribution is 0.459. The molecule has 2 atom stereocenters. The first-order valence-corrected chi connectivity index (χ1v) is 5.00. The third-order valence-corrected chi connectivity index (χ3v) is 3.23. The van der Waals surface area contributed by atoms with Gasteiger partial charge in [-0.05, 0) is 30.4 Å². The summed E-state index contributed by atoms with van der Waals surface area (Å²) >= 11 is 0. The van der Waals surface area contributed by atoms with Crippen molar-refractivity contribution >= 4 is 0 Å². The van der Waals surface area contributed by atoms with Gasteiger partial charge in [0.2, 0.25) is 0 Å². The van der Waals surface area contributed by atoms with E-state index in [2.05, 4.69) is 35.2 Å². The summed E-state index contributed by atoms with van der Waals surface area (Å²) < 4.78 is 0. The molecule has 1 heterocycles. The second kappa shape index (κ2) is 2.74. The Morgan fingerprint density at radius 3 is 3.31 bits per heavy atom. The highest BCUT2D eigenvalue weighted by Gasteiger charge is 2.30. The van der Waals surface area contributed by atoms with Gasteiger partial charge < -0.3 is 5.43 Å². The topological polar surface area (TPSA) is 24.1 Å². The van der Waals surface area contributed by atoms with Crippen molar-refractivity contribution in [3.8, 4) is 0 Å². The van der Waals surface area contributed by atoms with Gasteiger partial charge in [0.1, 0.15) is 0 Å². The molecule has 2 heteroatoms. The van der Waals surface area contributed by atoms with Crippen molar-refractivity contribution in [3.63, 3.8) is 0 Å². The summed E-state index contributed by atoms with van der Waals surface area (Å²) in [5, 5.41) is 0. The first-order valence-electron chi connectivity index (χ1n) is 5.00. The SMILES string of the molecule is C1=CCC2CC3CNNC3=CC2=C1. The van der Waals surface area contributed by atoms with Crippen LogP contribution in [0.1, 0.15) is 12.8 Å². The van der Waals surface area contributed by atoms with E-state index < -0.39 is 0 Å². The summed E-state index contributed by atoms with van der Waals surface area (Å²) in [6.45, 7) is 1.10. The van der Waals surface area contributed by atoms with E-state index in [1.807, 2.05) is 0 Å². The maximum absolute atomic E-state index is 3.24. The summed E-state index contributed by atoms with van der Waals surface area (Å²) in [6.07, 6.45) is 11.6. The van der Waals surface area contributed by atoms with E-state index in [4.69, 9.17) is 0 Å². The van der Waals surface area contributed by atoms with E-state index in [-0.39, 0.29) is 0 Å². The molecule has 1 fully saturated rings. The van der Waals surface area contributed by atoms with E-state index in [0.29, 0.717) is 0 Å². The Hall–Kier alpha value is -1.02. The Balaban J connectivity index is 1.97. The quantitative estimate of drug-likeness (QED) is 0.581. The summed E-state index contributed by atoms with van der Waals surface area (Å²) in [6, 6.07) is 0. The zero-order valence-corrected chi connectivity index (χ0v) is 7.59. The molecule has 0 spiro atoms. The van der Waals surface area contributed by atoms with Crippen molar-refractivity contribution in [1.29, 1.82) is 0 Å². The second-order valence-electron chi connectivity index (χ2n) is 4.07. The highest BCUT2D eigenvalue weighted by atomic mass is 15.4. The third-order valence-electron chi connectivity index (χ3n) is 3.23. The molecule has 1 saturated heterocycles. The fourth-order valence-corrected chi connectivity index (χ4v) is 2.47. The maximum Gasteiger partial charge on any atom is 0.0309 e. The van der Waals surface area contributed by atoms with Crippen LogP contribution in [0.4, 0.5) is 0 Å². The maximum atomic E-state index is 3.24. The molecule has 2 unspecified atom stereocenters. The van der Waals surface area contributed by atoms with Gasteiger partial charge in [0.25, 0.3) is 0 Å². The molecule has 0 amide bonds. The van der Waals surface area contributed by atoms with Gasteiger partial charge in [-0.3, -0.25) is 0 Å². The number of nitrogens with one attached hydrogen (secondary N) is 2. The van der Waals surface area contributed by atoms with Crippen molar-refractivity contribution in [1.82, 2.24) is 10.9 Å². The van der Waals surface area contributed by atoms with Crippen LogP contribution in [0.3, 0.4) is 0 Å². The zero-order valence-electron chi connectivity index (χ0n) is 7.59. The van der Waals surface area contributed by atoms with Crippen LogP contribution in [0.2, 0.25) is 0 Å². The number of allylic oxidation sites excluding steroid dienone is 5. The van der Waals surface area contributed by atoms with E-state index >= 15 is 0 Å². The van der Waals surface area contributed by atoms with Gasteiger partial charge in [-0.1, -0.05) is 18.2 Å². The van der Waals surface area contributed by atoms with Gasteiger partial charge in [-0.2, -0.15) is 0 Å². The third kappa shape index (κ3) is 1.13. The summed E-state index contributed by atoms with van der Waals surface area (Å²) in [5.74, 6) is 1.51. The number of rotatable bonds is 0. The molecule has 0 aromatic heterocycles. The average molecular weight is 174 g/mol. The highest BCUT2D eigenvalue weighted by Crippen LogP contribution is 2.36. The molecular weight excluding hydrogens is 160 g/mol. The smallest absolute Gasteiger partial charge is 0.0309 e. The van der Waals surface area contributed by atoms with Gasteiger partial charge in [0.05, 0.1) is 0 Å². The molecule has 0 aromatic rings. The van der Waals surface area contributed by atoms with Crippen LogP contribution >= 0.6 is 0 Å². The largest absolute Gasteiger partial charge is 0.325 e. The highest BCUT2D eigenvalue weighted by molar-refractivity contribution is 5.36. The molecule has 2 nitrogen and oxygen atoms in total. The van der Waals surface area contributed by atoms with Crippen LogP contribution in [0.5, 0.6) is 0 Å². The molecular formula is C11H14N2. The number of hydrogen-bond acceptors (Lipinski definition) is 2. The fourth-order valence-electron chi connectivity index (χ4n) is 2.47. The minimum absolute atomic E-state index is 0.730. The lowest BCUT2D eigenvalue weighted by atomic mass is 9.78. The molecule has 1 aliphatic heterocycles. The van der Waals surface area contributed by atoms with Crippen LogP contribution < -0.4 is 10.9 Å². The van der Waals surface area contributed by atoms with Gasteiger partial charge in [0, 0.05) is 18.2 Å².